The second-order valence-corrected chi connectivity index (χ2v) is 6.34. The van der Waals surface area contributed by atoms with E-state index in [2.05, 4.69) is 32.7 Å². The van der Waals surface area contributed by atoms with Crippen molar-refractivity contribution in [2.75, 3.05) is 0 Å². The fourth-order valence-electron chi connectivity index (χ4n) is 2.03. The largest absolute Gasteiger partial charge is 0.495 e. The molecule has 1 aromatic heterocycles. The third-order valence-electron chi connectivity index (χ3n) is 4.14. The second-order valence-electron chi connectivity index (χ2n) is 6.34. The Hall–Kier alpha value is -0.905. The molecule has 1 aromatic rings. The average molecular weight is 262 g/mol. The van der Waals surface area contributed by atoms with Gasteiger partial charge in [0.1, 0.15) is 0 Å². The van der Waals surface area contributed by atoms with Gasteiger partial charge < -0.3 is 15.0 Å². The Morgan fingerprint density at radius 1 is 1.21 bits per heavy atom. The van der Waals surface area contributed by atoms with Gasteiger partial charge in [0, 0.05) is 12.2 Å². The van der Waals surface area contributed by atoms with Gasteiger partial charge in [-0.15, -0.1) is 0 Å². The summed E-state index contributed by atoms with van der Waals surface area (Å²) >= 11 is 0. The van der Waals surface area contributed by atoms with Crippen molar-refractivity contribution in [3.05, 3.63) is 23.5 Å². The van der Waals surface area contributed by atoms with Crippen LogP contribution in [-0.4, -0.2) is 23.3 Å². The molecule has 2 N–H and O–H groups in total. The van der Waals surface area contributed by atoms with Crippen molar-refractivity contribution in [3.8, 4) is 0 Å². The molecule has 1 aliphatic rings. The Labute approximate surface area is 115 Å². The third kappa shape index (κ3) is 2.55. The van der Waals surface area contributed by atoms with Gasteiger partial charge >= 0.3 is 7.12 Å². The molecule has 0 bridgehead atoms. The molecular formula is C14H23BN2O2. The standard InChI is InChI=1S/C14H23BN2O2/c1-9-8-17-12(10(2)16)7-11(9)15-18-13(3,4)14(5,6)19-15/h7-8,10H,16H2,1-6H3. The molecule has 2 rings (SSSR count). The van der Waals surface area contributed by atoms with Crippen molar-refractivity contribution in [1.82, 2.24) is 4.98 Å². The van der Waals surface area contributed by atoms with Crippen molar-refractivity contribution in [2.45, 2.75) is 58.8 Å². The molecule has 0 amide bonds. The summed E-state index contributed by atoms with van der Waals surface area (Å²) in [7, 11) is -0.356. The van der Waals surface area contributed by atoms with Crippen LogP contribution in [0.25, 0.3) is 0 Å². The number of rotatable bonds is 2. The highest BCUT2D eigenvalue weighted by atomic mass is 16.7. The summed E-state index contributed by atoms with van der Waals surface area (Å²) < 4.78 is 12.1. The number of aryl methyl sites for hydroxylation is 1. The van der Waals surface area contributed by atoms with Gasteiger partial charge in [-0.3, -0.25) is 4.98 Å². The predicted molar refractivity (Wildman–Crippen MR) is 77.3 cm³/mol. The first kappa shape index (κ1) is 14.5. The maximum absolute atomic E-state index is 6.07. The molecule has 0 radical (unpaired) electrons. The zero-order chi connectivity index (χ0) is 14.4. The molecule has 1 fully saturated rings. The van der Waals surface area contributed by atoms with Crippen LogP contribution in [0.4, 0.5) is 0 Å². The molecule has 4 nitrogen and oxygen atoms in total. The Bertz CT molecular complexity index is 470. The van der Waals surface area contributed by atoms with E-state index in [1.165, 1.54) is 0 Å². The quantitative estimate of drug-likeness (QED) is 0.824. The van der Waals surface area contributed by atoms with E-state index in [-0.39, 0.29) is 24.4 Å². The molecule has 0 aliphatic carbocycles. The zero-order valence-corrected chi connectivity index (χ0v) is 12.7. The highest BCUT2D eigenvalue weighted by Gasteiger charge is 2.52. The van der Waals surface area contributed by atoms with Gasteiger partial charge in [0.25, 0.3) is 0 Å². The molecule has 0 saturated carbocycles. The molecule has 104 valence electrons. The fraction of sp³-hybridized carbons (Fsp3) is 0.643. The molecule has 1 unspecified atom stereocenters. The van der Waals surface area contributed by atoms with E-state index >= 15 is 0 Å². The van der Waals surface area contributed by atoms with Crippen molar-refractivity contribution in [1.29, 1.82) is 0 Å². The van der Waals surface area contributed by atoms with E-state index in [1.807, 2.05) is 26.1 Å². The first-order chi connectivity index (χ1) is 8.64. The molecule has 1 atom stereocenters. The summed E-state index contributed by atoms with van der Waals surface area (Å²) in [5.74, 6) is 0. The van der Waals surface area contributed by atoms with Crippen LogP contribution in [0, 0.1) is 6.92 Å². The normalized spacial score (nSPS) is 22.6. The first-order valence-electron chi connectivity index (χ1n) is 6.72. The lowest BCUT2D eigenvalue weighted by atomic mass is 9.76. The van der Waals surface area contributed by atoms with Crippen LogP contribution in [0.15, 0.2) is 12.3 Å². The maximum Gasteiger partial charge on any atom is 0.495 e. The maximum atomic E-state index is 6.07. The molecule has 5 heteroatoms. The molecule has 19 heavy (non-hydrogen) atoms. The Kier molecular flexibility index (Phi) is 3.50. The van der Waals surface area contributed by atoms with Gasteiger partial charge in [-0.25, -0.2) is 0 Å². The number of hydrogen-bond acceptors (Lipinski definition) is 4. The van der Waals surface area contributed by atoms with Crippen LogP contribution in [-0.2, 0) is 9.31 Å². The predicted octanol–water partition coefficient (Wildman–Crippen LogP) is 1.71. The number of nitrogens with two attached hydrogens (primary N) is 1. The second kappa shape index (κ2) is 4.58. The minimum Gasteiger partial charge on any atom is -0.399 e. The van der Waals surface area contributed by atoms with Crippen LogP contribution >= 0.6 is 0 Å². The van der Waals surface area contributed by atoms with Crippen LogP contribution < -0.4 is 11.2 Å². The van der Waals surface area contributed by atoms with Gasteiger partial charge in [0.15, 0.2) is 0 Å². The van der Waals surface area contributed by atoms with Crippen molar-refractivity contribution in [2.24, 2.45) is 5.73 Å². The van der Waals surface area contributed by atoms with Crippen molar-refractivity contribution < 1.29 is 9.31 Å². The van der Waals surface area contributed by atoms with Crippen LogP contribution in [0.1, 0.15) is 51.9 Å². The fourth-order valence-corrected chi connectivity index (χ4v) is 2.03. The summed E-state index contributed by atoms with van der Waals surface area (Å²) in [6.07, 6.45) is 1.83. The van der Waals surface area contributed by atoms with Gasteiger partial charge in [-0.2, -0.15) is 0 Å². The van der Waals surface area contributed by atoms with E-state index in [9.17, 15) is 0 Å². The minimum atomic E-state index is -0.356. The van der Waals surface area contributed by atoms with Gasteiger partial charge in [-0.1, -0.05) is 0 Å². The monoisotopic (exact) mass is 262 g/mol. The molecular weight excluding hydrogens is 239 g/mol. The van der Waals surface area contributed by atoms with Gasteiger partial charge in [-0.05, 0) is 58.6 Å². The van der Waals surface area contributed by atoms with E-state index in [4.69, 9.17) is 15.0 Å². The average Bonchev–Trinajstić information content (AvgIpc) is 2.48. The highest BCUT2D eigenvalue weighted by molar-refractivity contribution is 6.62. The first-order valence-corrected chi connectivity index (χ1v) is 6.72. The van der Waals surface area contributed by atoms with E-state index in [0.29, 0.717) is 0 Å². The lowest BCUT2D eigenvalue weighted by Crippen LogP contribution is -2.41. The summed E-state index contributed by atoms with van der Waals surface area (Å²) in [6, 6.07) is 1.89. The number of hydrogen-bond donors (Lipinski definition) is 1. The number of aromatic nitrogens is 1. The zero-order valence-electron chi connectivity index (χ0n) is 12.7. The third-order valence-corrected chi connectivity index (χ3v) is 4.14. The molecule has 1 saturated heterocycles. The Balaban J connectivity index is 2.36. The van der Waals surface area contributed by atoms with E-state index < -0.39 is 0 Å². The lowest BCUT2D eigenvalue weighted by molar-refractivity contribution is 0.00578. The number of pyridine rings is 1. The van der Waals surface area contributed by atoms with Gasteiger partial charge in [0.05, 0.1) is 16.9 Å². The molecule has 0 aromatic carbocycles. The lowest BCUT2D eigenvalue weighted by Gasteiger charge is -2.32. The molecule has 0 spiro atoms. The minimum absolute atomic E-state index is 0.0956. The highest BCUT2D eigenvalue weighted by Crippen LogP contribution is 2.36. The van der Waals surface area contributed by atoms with Crippen molar-refractivity contribution in [3.63, 3.8) is 0 Å². The smallest absolute Gasteiger partial charge is 0.399 e. The molecule has 1 aliphatic heterocycles. The SMILES string of the molecule is Cc1cnc(C(C)N)cc1B1OC(C)(C)C(C)(C)O1. The summed E-state index contributed by atoms with van der Waals surface area (Å²) in [5.41, 5.74) is 8.16. The summed E-state index contributed by atoms with van der Waals surface area (Å²) in [6.45, 7) is 12.1. The Morgan fingerprint density at radius 2 is 1.74 bits per heavy atom. The van der Waals surface area contributed by atoms with E-state index in [1.54, 1.807) is 0 Å². The molecule has 2 heterocycles. The van der Waals surface area contributed by atoms with E-state index in [0.717, 1.165) is 16.7 Å². The van der Waals surface area contributed by atoms with Crippen LogP contribution in [0.5, 0.6) is 0 Å². The van der Waals surface area contributed by atoms with Crippen LogP contribution in [0.3, 0.4) is 0 Å². The Morgan fingerprint density at radius 3 is 2.21 bits per heavy atom. The summed E-state index contributed by atoms with van der Waals surface area (Å²) in [5, 5.41) is 0. The van der Waals surface area contributed by atoms with Crippen molar-refractivity contribution >= 4 is 12.6 Å². The number of nitrogens with zero attached hydrogens (tertiary/aromatic N) is 1. The van der Waals surface area contributed by atoms with Gasteiger partial charge in [0.2, 0.25) is 0 Å². The van der Waals surface area contributed by atoms with Crippen LogP contribution in [0.2, 0.25) is 0 Å². The summed E-state index contributed by atoms with van der Waals surface area (Å²) in [4.78, 5) is 4.35. The topological polar surface area (TPSA) is 57.4 Å².